The first-order valence-corrected chi connectivity index (χ1v) is 10.3. The predicted molar refractivity (Wildman–Crippen MR) is 98.7 cm³/mol. The van der Waals surface area contributed by atoms with Crippen molar-refractivity contribution < 1.29 is 30.7 Å². The molecule has 0 bridgehead atoms. The number of aromatic nitrogens is 1. The smallest absolute Gasteiger partial charge is 0.387 e. The summed E-state index contributed by atoms with van der Waals surface area (Å²) in [5.74, 6) is -3.61. The summed E-state index contributed by atoms with van der Waals surface area (Å²) in [6.07, 6.45) is 1.25. The second-order valence-corrected chi connectivity index (χ2v) is 9.71. The van der Waals surface area contributed by atoms with E-state index in [1.807, 2.05) is 25.5 Å². The van der Waals surface area contributed by atoms with Gasteiger partial charge in [0.1, 0.15) is 9.73 Å². The van der Waals surface area contributed by atoms with Gasteiger partial charge >= 0.3 is 6.61 Å². The summed E-state index contributed by atoms with van der Waals surface area (Å²) < 4.78 is 83.5. The van der Waals surface area contributed by atoms with Crippen LogP contribution >= 0.6 is 11.3 Å². The highest BCUT2D eigenvalue weighted by molar-refractivity contribution is 7.93. The highest BCUT2D eigenvalue weighted by Gasteiger charge is 2.26. The molecule has 0 unspecified atom stereocenters. The lowest BCUT2D eigenvalue weighted by Crippen LogP contribution is -2.14. The number of hydrogen-bond acceptors (Lipinski definition) is 4. The number of hydrogen-bond donors (Lipinski definition) is 2. The molecule has 0 saturated heterocycles. The SMILES string of the molecule is CC(C)(C)c1cc2c(S(=O)(=O)Nc3cc(F)c(OC(F)F)cc3F)c[nH]c2s1. The van der Waals surface area contributed by atoms with Gasteiger partial charge in [-0.2, -0.15) is 8.78 Å². The van der Waals surface area contributed by atoms with Crippen LogP contribution in [0, 0.1) is 11.6 Å². The molecule has 2 aromatic heterocycles. The van der Waals surface area contributed by atoms with Crippen molar-refractivity contribution in [2.75, 3.05) is 4.72 Å². The van der Waals surface area contributed by atoms with Crippen LogP contribution in [0.2, 0.25) is 0 Å². The first-order chi connectivity index (χ1) is 12.9. The van der Waals surface area contributed by atoms with E-state index in [4.69, 9.17) is 0 Å². The van der Waals surface area contributed by atoms with Gasteiger partial charge in [0, 0.05) is 28.6 Å². The number of aromatic amines is 1. The Hall–Kier alpha value is -2.27. The molecule has 28 heavy (non-hydrogen) atoms. The quantitative estimate of drug-likeness (QED) is 0.540. The number of benzene rings is 1. The van der Waals surface area contributed by atoms with E-state index >= 15 is 0 Å². The van der Waals surface area contributed by atoms with Crippen molar-refractivity contribution in [3.8, 4) is 5.75 Å². The van der Waals surface area contributed by atoms with Crippen LogP contribution in [0.4, 0.5) is 23.2 Å². The molecule has 0 radical (unpaired) electrons. The highest BCUT2D eigenvalue weighted by Crippen LogP contribution is 2.37. The minimum Gasteiger partial charge on any atom is -0.432 e. The molecular weight excluding hydrogens is 420 g/mol. The van der Waals surface area contributed by atoms with Crippen LogP contribution in [0.1, 0.15) is 25.6 Å². The number of thiophene rings is 1. The third-order valence-corrected chi connectivity index (χ3v) is 6.74. The van der Waals surface area contributed by atoms with Crippen molar-refractivity contribution in [1.82, 2.24) is 4.98 Å². The van der Waals surface area contributed by atoms with E-state index in [2.05, 4.69) is 9.72 Å². The normalized spacial score (nSPS) is 12.7. The first-order valence-electron chi connectivity index (χ1n) is 7.96. The van der Waals surface area contributed by atoms with Crippen molar-refractivity contribution in [2.24, 2.45) is 0 Å². The summed E-state index contributed by atoms with van der Waals surface area (Å²) >= 11 is 1.39. The molecule has 3 rings (SSSR count). The molecular formula is C17H16F4N2O3S2. The van der Waals surface area contributed by atoms with Gasteiger partial charge in [-0.25, -0.2) is 17.2 Å². The first kappa shape index (κ1) is 20.5. The molecule has 0 spiro atoms. The number of alkyl halides is 2. The van der Waals surface area contributed by atoms with Crippen molar-refractivity contribution in [1.29, 1.82) is 0 Å². The molecule has 0 atom stereocenters. The molecule has 152 valence electrons. The fraction of sp³-hybridized carbons (Fsp3) is 0.294. The van der Waals surface area contributed by atoms with Crippen molar-refractivity contribution >= 4 is 37.3 Å². The Morgan fingerprint density at radius 2 is 1.82 bits per heavy atom. The highest BCUT2D eigenvalue weighted by atomic mass is 32.2. The van der Waals surface area contributed by atoms with Crippen LogP contribution in [0.3, 0.4) is 0 Å². The number of H-pyrrole nitrogens is 1. The molecule has 3 aromatic rings. The van der Waals surface area contributed by atoms with Gasteiger partial charge in [-0.1, -0.05) is 20.8 Å². The van der Waals surface area contributed by atoms with Crippen LogP contribution in [0.25, 0.3) is 10.2 Å². The number of nitrogens with one attached hydrogen (secondary N) is 2. The topological polar surface area (TPSA) is 71.2 Å². The van der Waals surface area contributed by atoms with Crippen molar-refractivity contribution in [3.63, 3.8) is 0 Å². The summed E-state index contributed by atoms with van der Waals surface area (Å²) in [7, 11) is -4.27. The van der Waals surface area contributed by atoms with Crippen LogP contribution < -0.4 is 9.46 Å². The van der Waals surface area contributed by atoms with Gasteiger partial charge in [0.05, 0.1) is 5.69 Å². The molecule has 0 aliphatic heterocycles. The van der Waals surface area contributed by atoms with E-state index in [9.17, 15) is 26.0 Å². The van der Waals surface area contributed by atoms with E-state index in [0.29, 0.717) is 22.3 Å². The van der Waals surface area contributed by atoms with E-state index in [1.54, 1.807) is 6.07 Å². The lowest BCUT2D eigenvalue weighted by Gasteiger charge is -2.15. The summed E-state index contributed by atoms with van der Waals surface area (Å²) in [5.41, 5.74) is -0.922. The fourth-order valence-corrected chi connectivity index (χ4v) is 4.86. The fourth-order valence-electron chi connectivity index (χ4n) is 2.47. The molecule has 0 amide bonds. The summed E-state index contributed by atoms with van der Waals surface area (Å²) in [6, 6.07) is 2.53. The lowest BCUT2D eigenvalue weighted by molar-refractivity contribution is -0.0523. The van der Waals surface area contributed by atoms with Crippen LogP contribution in [-0.2, 0) is 15.4 Å². The molecule has 0 aliphatic rings. The van der Waals surface area contributed by atoms with E-state index in [-0.39, 0.29) is 10.3 Å². The largest absolute Gasteiger partial charge is 0.432 e. The lowest BCUT2D eigenvalue weighted by atomic mass is 9.94. The molecule has 0 aliphatic carbocycles. The van der Waals surface area contributed by atoms with Gasteiger partial charge in [0.25, 0.3) is 10.0 Å². The number of anilines is 1. The minimum absolute atomic E-state index is 0.137. The zero-order chi connectivity index (χ0) is 20.9. The van der Waals surface area contributed by atoms with E-state index in [1.165, 1.54) is 17.5 Å². The second-order valence-electron chi connectivity index (χ2n) is 7.00. The maximum Gasteiger partial charge on any atom is 0.387 e. The molecule has 0 saturated carbocycles. The summed E-state index contributed by atoms with van der Waals surface area (Å²) in [4.78, 5) is 4.28. The predicted octanol–water partition coefficient (Wildman–Crippen LogP) is 5.21. The third-order valence-electron chi connectivity index (χ3n) is 3.84. The van der Waals surface area contributed by atoms with Crippen LogP contribution in [0.5, 0.6) is 5.75 Å². The number of ether oxygens (including phenoxy) is 1. The zero-order valence-electron chi connectivity index (χ0n) is 14.9. The Bertz CT molecular complexity index is 1130. The number of halogens is 4. The summed E-state index contributed by atoms with van der Waals surface area (Å²) in [6.45, 7) is 2.59. The number of rotatable bonds is 5. The Labute approximate surface area is 162 Å². The van der Waals surface area contributed by atoms with Crippen LogP contribution in [-0.4, -0.2) is 20.0 Å². The molecule has 11 heteroatoms. The average Bonchev–Trinajstić information content (AvgIpc) is 3.11. The molecule has 2 N–H and O–H groups in total. The molecule has 1 aromatic carbocycles. The molecule has 2 heterocycles. The van der Waals surface area contributed by atoms with Gasteiger partial charge < -0.3 is 9.72 Å². The van der Waals surface area contributed by atoms with E-state index in [0.717, 1.165) is 4.88 Å². The Morgan fingerprint density at radius 1 is 1.14 bits per heavy atom. The molecule has 0 fully saturated rings. The minimum atomic E-state index is -4.27. The average molecular weight is 436 g/mol. The third kappa shape index (κ3) is 3.95. The van der Waals surface area contributed by atoms with Crippen molar-refractivity contribution in [3.05, 3.63) is 40.9 Å². The van der Waals surface area contributed by atoms with Crippen LogP contribution in [0.15, 0.2) is 29.3 Å². The second kappa shape index (κ2) is 6.96. The number of fused-ring (bicyclic) bond motifs is 1. The number of sulfonamides is 1. The Morgan fingerprint density at radius 3 is 2.43 bits per heavy atom. The maximum atomic E-state index is 14.1. The van der Waals surface area contributed by atoms with Gasteiger partial charge in [-0.3, -0.25) is 4.72 Å². The Kier molecular flexibility index (Phi) is 5.09. The Balaban J connectivity index is 1.98. The summed E-state index contributed by atoms with van der Waals surface area (Å²) in [5, 5.41) is 0.418. The van der Waals surface area contributed by atoms with Gasteiger partial charge in [-0.05, 0) is 11.5 Å². The van der Waals surface area contributed by atoms with Gasteiger partial charge in [-0.15, -0.1) is 11.3 Å². The standard InChI is InChI=1S/C17H16F4N2O3S2/c1-17(2,3)14-4-8-13(7-22-15(8)27-14)28(24,25)23-11-5-10(19)12(6-9(11)18)26-16(20)21/h4-7,16,22-23H,1-3H3. The van der Waals surface area contributed by atoms with Gasteiger partial charge in [0.15, 0.2) is 17.4 Å². The monoisotopic (exact) mass is 436 g/mol. The zero-order valence-corrected chi connectivity index (χ0v) is 16.6. The molecule has 5 nitrogen and oxygen atoms in total. The maximum absolute atomic E-state index is 14.1. The van der Waals surface area contributed by atoms with Crippen molar-refractivity contribution in [2.45, 2.75) is 37.7 Å². The van der Waals surface area contributed by atoms with E-state index < -0.39 is 39.7 Å². The van der Waals surface area contributed by atoms with Gasteiger partial charge in [0.2, 0.25) is 0 Å².